The number of aromatic nitrogens is 1. The van der Waals surface area contributed by atoms with E-state index in [0.29, 0.717) is 18.4 Å². The van der Waals surface area contributed by atoms with Crippen molar-refractivity contribution in [3.63, 3.8) is 0 Å². The first-order valence-corrected chi connectivity index (χ1v) is 6.01. The molecular formula is C9H13ClNO2P. The Morgan fingerprint density at radius 1 is 1.36 bits per heavy atom. The smallest absolute Gasteiger partial charge is 0.205 e. The first-order valence-electron chi connectivity index (χ1n) is 4.45. The molecule has 0 aliphatic rings. The van der Waals surface area contributed by atoms with E-state index in [9.17, 15) is 0 Å². The molecule has 0 atom stereocenters. The summed E-state index contributed by atoms with van der Waals surface area (Å²) in [6.07, 6.45) is 1.66. The monoisotopic (exact) mass is 233 g/mol. The van der Waals surface area contributed by atoms with Gasteiger partial charge in [0.1, 0.15) is 5.15 Å². The fourth-order valence-corrected chi connectivity index (χ4v) is 2.43. The summed E-state index contributed by atoms with van der Waals surface area (Å²) < 4.78 is 11.0. The highest BCUT2D eigenvalue weighted by Crippen LogP contribution is 2.36. The Morgan fingerprint density at radius 3 is 2.50 bits per heavy atom. The lowest BCUT2D eigenvalue weighted by Gasteiger charge is -2.15. The molecular weight excluding hydrogens is 221 g/mol. The summed E-state index contributed by atoms with van der Waals surface area (Å²) in [6.45, 7) is 5.14. The Balaban J connectivity index is 2.75. The Labute approximate surface area is 90.3 Å². The molecule has 14 heavy (non-hydrogen) atoms. The van der Waals surface area contributed by atoms with Crippen LogP contribution in [0.1, 0.15) is 13.8 Å². The van der Waals surface area contributed by atoms with Crippen molar-refractivity contribution in [3.05, 3.63) is 23.5 Å². The van der Waals surface area contributed by atoms with E-state index in [4.69, 9.17) is 20.6 Å². The SMILES string of the molecule is CCOP(OCC)c1ccnc(Cl)c1. The fourth-order valence-electron chi connectivity index (χ4n) is 0.927. The van der Waals surface area contributed by atoms with E-state index in [1.807, 2.05) is 19.9 Å². The zero-order valence-electron chi connectivity index (χ0n) is 8.24. The Morgan fingerprint density at radius 2 is 2.00 bits per heavy atom. The Hall–Kier alpha value is -0.210. The van der Waals surface area contributed by atoms with E-state index in [2.05, 4.69) is 4.98 Å². The van der Waals surface area contributed by atoms with Crippen LogP contribution in [0, 0.1) is 0 Å². The van der Waals surface area contributed by atoms with Crippen molar-refractivity contribution in [3.8, 4) is 0 Å². The van der Waals surface area contributed by atoms with Crippen LogP contribution >= 0.6 is 20.0 Å². The van der Waals surface area contributed by atoms with Crippen LogP contribution in [-0.4, -0.2) is 18.2 Å². The predicted octanol–water partition coefficient (Wildman–Crippen LogP) is 2.75. The zero-order chi connectivity index (χ0) is 10.4. The third-order valence-corrected chi connectivity index (χ3v) is 3.31. The fraction of sp³-hybridized carbons (Fsp3) is 0.444. The lowest BCUT2D eigenvalue weighted by Crippen LogP contribution is -2.06. The highest BCUT2D eigenvalue weighted by Gasteiger charge is 2.12. The van der Waals surface area contributed by atoms with E-state index < -0.39 is 8.38 Å². The van der Waals surface area contributed by atoms with E-state index in [-0.39, 0.29) is 0 Å². The average molecular weight is 234 g/mol. The van der Waals surface area contributed by atoms with Crippen LogP contribution in [0.3, 0.4) is 0 Å². The maximum Gasteiger partial charge on any atom is 0.205 e. The summed E-state index contributed by atoms with van der Waals surface area (Å²) in [5, 5.41) is 1.43. The molecule has 0 unspecified atom stereocenters. The quantitative estimate of drug-likeness (QED) is 0.579. The highest BCUT2D eigenvalue weighted by atomic mass is 35.5. The van der Waals surface area contributed by atoms with Gasteiger partial charge in [-0.25, -0.2) is 4.98 Å². The molecule has 0 aliphatic heterocycles. The van der Waals surface area contributed by atoms with Gasteiger partial charge in [0.05, 0.1) is 13.2 Å². The van der Waals surface area contributed by atoms with E-state index >= 15 is 0 Å². The van der Waals surface area contributed by atoms with Gasteiger partial charge in [0.2, 0.25) is 8.38 Å². The average Bonchev–Trinajstić information content (AvgIpc) is 2.17. The molecule has 0 aromatic carbocycles. The highest BCUT2D eigenvalue weighted by molar-refractivity contribution is 7.56. The maximum absolute atomic E-state index is 5.78. The molecule has 0 aliphatic carbocycles. The zero-order valence-corrected chi connectivity index (χ0v) is 9.89. The molecule has 0 fully saturated rings. The second-order valence-corrected chi connectivity index (χ2v) is 4.36. The van der Waals surface area contributed by atoms with Gasteiger partial charge in [0.25, 0.3) is 0 Å². The number of nitrogens with zero attached hydrogens (tertiary/aromatic N) is 1. The minimum absolute atomic E-state index is 0.467. The molecule has 0 saturated heterocycles. The summed E-state index contributed by atoms with van der Waals surface area (Å²) >= 11 is 5.78. The van der Waals surface area contributed by atoms with Gasteiger partial charge < -0.3 is 9.05 Å². The number of halogens is 1. The van der Waals surface area contributed by atoms with E-state index in [1.54, 1.807) is 12.3 Å². The standard InChI is InChI=1S/C9H13ClNO2P/c1-3-12-14(13-4-2)8-5-6-11-9(10)7-8/h5-7H,3-4H2,1-2H3. The largest absolute Gasteiger partial charge is 0.331 e. The normalized spacial score (nSPS) is 10.9. The van der Waals surface area contributed by atoms with Crippen LogP contribution < -0.4 is 5.30 Å². The van der Waals surface area contributed by atoms with Gasteiger partial charge in [0, 0.05) is 11.5 Å². The Bertz CT molecular complexity index is 279. The van der Waals surface area contributed by atoms with Gasteiger partial charge in [-0.05, 0) is 26.0 Å². The lowest BCUT2D eigenvalue weighted by atomic mass is 10.5. The second kappa shape index (κ2) is 6.31. The maximum atomic E-state index is 5.78. The molecule has 0 spiro atoms. The van der Waals surface area contributed by atoms with Crippen LogP contribution in [0.2, 0.25) is 5.15 Å². The van der Waals surface area contributed by atoms with Crippen LogP contribution in [0.25, 0.3) is 0 Å². The number of pyridine rings is 1. The first kappa shape index (κ1) is 11.9. The molecule has 3 nitrogen and oxygen atoms in total. The van der Waals surface area contributed by atoms with Gasteiger partial charge in [0.15, 0.2) is 0 Å². The van der Waals surface area contributed by atoms with Gasteiger partial charge >= 0.3 is 0 Å². The summed E-state index contributed by atoms with van der Waals surface area (Å²) in [7, 11) is -0.997. The van der Waals surface area contributed by atoms with Crippen molar-refractivity contribution in [2.24, 2.45) is 0 Å². The van der Waals surface area contributed by atoms with Crippen LogP contribution in [-0.2, 0) is 9.05 Å². The van der Waals surface area contributed by atoms with E-state index in [0.717, 1.165) is 5.30 Å². The molecule has 0 N–H and O–H groups in total. The molecule has 78 valence electrons. The number of hydrogen-bond acceptors (Lipinski definition) is 3. The van der Waals surface area contributed by atoms with E-state index in [1.165, 1.54) is 0 Å². The molecule has 5 heteroatoms. The third kappa shape index (κ3) is 3.50. The number of rotatable bonds is 5. The minimum Gasteiger partial charge on any atom is -0.331 e. The molecule has 0 saturated carbocycles. The summed E-state index contributed by atoms with van der Waals surface area (Å²) in [5.41, 5.74) is 0. The predicted molar refractivity (Wildman–Crippen MR) is 59.1 cm³/mol. The summed E-state index contributed by atoms with van der Waals surface area (Å²) in [4.78, 5) is 3.91. The van der Waals surface area contributed by atoms with Gasteiger partial charge in [-0.15, -0.1) is 0 Å². The van der Waals surface area contributed by atoms with Crippen molar-refractivity contribution >= 4 is 25.3 Å². The molecule has 0 radical (unpaired) electrons. The lowest BCUT2D eigenvalue weighted by molar-refractivity contribution is 0.277. The van der Waals surface area contributed by atoms with Crippen molar-refractivity contribution in [2.45, 2.75) is 13.8 Å². The summed E-state index contributed by atoms with van der Waals surface area (Å²) in [5.74, 6) is 0. The van der Waals surface area contributed by atoms with Crippen molar-refractivity contribution in [2.75, 3.05) is 13.2 Å². The first-order chi connectivity index (χ1) is 6.77. The molecule has 1 aromatic rings. The topological polar surface area (TPSA) is 31.4 Å². The Kier molecular flexibility index (Phi) is 5.34. The molecule has 0 amide bonds. The molecule has 1 aromatic heterocycles. The van der Waals surface area contributed by atoms with Crippen LogP contribution in [0.15, 0.2) is 18.3 Å². The third-order valence-electron chi connectivity index (χ3n) is 1.41. The second-order valence-electron chi connectivity index (χ2n) is 2.43. The molecule has 1 rings (SSSR count). The van der Waals surface area contributed by atoms with Crippen molar-refractivity contribution in [1.82, 2.24) is 4.98 Å². The molecule has 1 heterocycles. The van der Waals surface area contributed by atoms with Crippen molar-refractivity contribution in [1.29, 1.82) is 0 Å². The minimum atomic E-state index is -0.997. The van der Waals surface area contributed by atoms with Gasteiger partial charge in [-0.3, -0.25) is 0 Å². The van der Waals surface area contributed by atoms with Crippen molar-refractivity contribution < 1.29 is 9.05 Å². The van der Waals surface area contributed by atoms with Gasteiger partial charge in [-0.1, -0.05) is 11.6 Å². The molecule has 0 bridgehead atoms. The summed E-state index contributed by atoms with van der Waals surface area (Å²) in [6, 6.07) is 3.64. The van der Waals surface area contributed by atoms with Crippen LogP contribution in [0.5, 0.6) is 0 Å². The number of hydrogen-bond donors (Lipinski definition) is 0. The van der Waals surface area contributed by atoms with Gasteiger partial charge in [-0.2, -0.15) is 0 Å². The van der Waals surface area contributed by atoms with Crippen LogP contribution in [0.4, 0.5) is 0 Å².